The number of hydrogen-bond donors (Lipinski definition) is 1. The van der Waals surface area contributed by atoms with Gasteiger partial charge >= 0.3 is 17.6 Å². The Hall–Kier alpha value is -3.53. The first-order chi connectivity index (χ1) is 15.3. The van der Waals surface area contributed by atoms with Crippen molar-refractivity contribution in [3.8, 4) is 0 Å². The summed E-state index contributed by atoms with van der Waals surface area (Å²) in [6.45, 7) is 4.36. The molecule has 0 bridgehead atoms. The van der Waals surface area contributed by atoms with Gasteiger partial charge in [0, 0.05) is 37.6 Å². The van der Waals surface area contributed by atoms with Crippen molar-refractivity contribution in [2.75, 3.05) is 11.9 Å². The second-order valence-electron chi connectivity index (χ2n) is 7.31. The highest BCUT2D eigenvalue weighted by atomic mass is 16.6. The van der Waals surface area contributed by atoms with Gasteiger partial charge in [0.1, 0.15) is 18.5 Å². The topological polar surface area (TPSA) is 126 Å². The molecule has 2 aromatic rings. The maximum absolute atomic E-state index is 12.8. The summed E-state index contributed by atoms with van der Waals surface area (Å²) in [5.41, 5.74) is 0.353. The summed E-state index contributed by atoms with van der Waals surface area (Å²) in [5, 5.41) is 2.67. The van der Waals surface area contributed by atoms with Gasteiger partial charge in [-0.1, -0.05) is 25.1 Å². The lowest BCUT2D eigenvalue weighted by atomic mass is 10.2. The number of aryl methyl sites for hydroxylation is 1. The van der Waals surface area contributed by atoms with Gasteiger partial charge in [-0.25, -0.2) is 4.79 Å². The summed E-state index contributed by atoms with van der Waals surface area (Å²) in [6.07, 6.45) is -0.00344. The van der Waals surface area contributed by atoms with Gasteiger partial charge < -0.3 is 19.5 Å². The minimum atomic E-state index is -0.941. The summed E-state index contributed by atoms with van der Waals surface area (Å²) in [4.78, 5) is 52.0. The zero-order valence-corrected chi connectivity index (χ0v) is 18.1. The van der Waals surface area contributed by atoms with Crippen LogP contribution >= 0.6 is 0 Å². The molecular weight excluding hydrogens is 418 g/mol. The van der Waals surface area contributed by atoms with E-state index in [2.05, 4.69) is 10.3 Å². The van der Waals surface area contributed by atoms with E-state index in [1.807, 2.05) is 6.92 Å². The number of ether oxygens (including phenoxy) is 3. The van der Waals surface area contributed by atoms with E-state index in [1.165, 1.54) is 24.6 Å². The number of rotatable bonds is 7. The molecule has 1 amide bonds. The normalized spacial score (nSPS) is 19.9. The SMILES string of the molecule is CCc1cn([C@@H]2O[C@H](COC(C)=O)C[C@H]2OC(C)=O)c(=O)nc1NC(=O)c1ccccc1. The molecule has 0 spiro atoms. The first-order valence-electron chi connectivity index (χ1n) is 10.2. The lowest BCUT2D eigenvalue weighted by molar-refractivity contribution is -0.153. The van der Waals surface area contributed by atoms with Gasteiger partial charge in [-0.3, -0.25) is 19.0 Å². The van der Waals surface area contributed by atoms with Crippen LogP contribution in [0.4, 0.5) is 5.82 Å². The second kappa shape index (κ2) is 10.2. The molecule has 0 unspecified atom stereocenters. The largest absolute Gasteiger partial charge is 0.463 e. The predicted molar refractivity (Wildman–Crippen MR) is 113 cm³/mol. The minimum absolute atomic E-state index is 0.0301. The molecule has 170 valence electrons. The molecule has 1 fully saturated rings. The summed E-state index contributed by atoms with van der Waals surface area (Å²) < 4.78 is 17.4. The molecule has 2 heterocycles. The molecule has 1 N–H and O–H groups in total. The number of carbonyl (C=O) groups is 3. The monoisotopic (exact) mass is 443 g/mol. The van der Waals surface area contributed by atoms with Gasteiger partial charge in [0.05, 0.1) is 6.10 Å². The van der Waals surface area contributed by atoms with Crippen LogP contribution in [0.15, 0.2) is 41.3 Å². The Bertz CT molecular complexity index is 1050. The molecule has 1 aliphatic heterocycles. The lowest BCUT2D eigenvalue weighted by Gasteiger charge is -2.21. The standard InChI is InChI=1S/C22H25N3O7/c1-4-15-11-25(21-18(31-14(3)27)10-17(32-21)12-30-13(2)26)22(29)24-19(15)23-20(28)16-8-6-5-7-9-16/h5-9,11,17-18,21H,4,10,12H2,1-3H3,(H,23,24,28,29)/t17-,18+,21+/m0/s1. The smallest absolute Gasteiger partial charge is 0.351 e. The van der Waals surface area contributed by atoms with Crippen molar-refractivity contribution >= 4 is 23.7 Å². The van der Waals surface area contributed by atoms with Crippen LogP contribution in [0.25, 0.3) is 0 Å². The molecule has 1 saturated heterocycles. The van der Waals surface area contributed by atoms with Crippen molar-refractivity contribution in [1.29, 1.82) is 0 Å². The zero-order valence-electron chi connectivity index (χ0n) is 18.1. The van der Waals surface area contributed by atoms with Crippen LogP contribution in [-0.4, -0.2) is 46.2 Å². The van der Waals surface area contributed by atoms with Crippen LogP contribution in [0.5, 0.6) is 0 Å². The molecule has 10 nitrogen and oxygen atoms in total. The van der Waals surface area contributed by atoms with E-state index in [0.717, 1.165) is 0 Å². The fourth-order valence-corrected chi connectivity index (χ4v) is 3.43. The van der Waals surface area contributed by atoms with Crippen LogP contribution in [0, 0.1) is 0 Å². The highest BCUT2D eigenvalue weighted by molar-refractivity contribution is 6.04. The van der Waals surface area contributed by atoms with Crippen LogP contribution in [0.1, 0.15) is 49.3 Å². The number of carbonyl (C=O) groups excluding carboxylic acids is 3. The Morgan fingerprint density at radius 1 is 1.19 bits per heavy atom. The Labute approximate surface area is 184 Å². The minimum Gasteiger partial charge on any atom is -0.463 e. The molecule has 1 aromatic carbocycles. The van der Waals surface area contributed by atoms with Crippen molar-refractivity contribution in [2.45, 2.75) is 52.0 Å². The predicted octanol–water partition coefficient (Wildman–Crippen LogP) is 1.84. The molecule has 1 aliphatic rings. The molecular formula is C22H25N3O7. The number of amides is 1. The average Bonchev–Trinajstić information content (AvgIpc) is 3.14. The summed E-state index contributed by atoms with van der Waals surface area (Å²) in [5.74, 6) is -1.23. The van der Waals surface area contributed by atoms with E-state index in [4.69, 9.17) is 14.2 Å². The second-order valence-corrected chi connectivity index (χ2v) is 7.31. The zero-order chi connectivity index (χ0) is 23.3. The number of aromatic nitrogens is 2. The highest BCUT2D eigenvalue weighted by Crippen LogP contribution is 2.31. The van der Waals surface area contributed by atoms with Gasteiger partial charge in [0.25, 0.3) is 5.91 Å². The summed E-state index contributed by atoms with van der Waals surface area (Å²) in [7, 11) is 0. The fraction of sp³-hybridized carbons (Fsp3) is 0.409. The number of esters is 2. The third-order valence-corrected chi connectivity index (χ3v) is 4.89. The lowest BCUT2D eigenvalue weighted by Crippen LogP contribution is -2.35. The Balaban J connectivity index is 1.87. The summed E-state index contributed by atoms with van der Waals surface area (Å²) in [6, 6.07) is 8.58. The van der Waals surface area contributed by atoms with E-state index in [9.17, 15) is 19.2 Å². The highest BCUT2D eigenvalue weighted by Gasteiger charge is 2.40. The van der Waals surface area contributed by atoms with Crippen molar-refractivity contribution in [3.05, 3.63) is 58.1 Å². The molecule has 0 aliphatic carbocycles. The van der Waals surface area contributed by atoms with Gasteiger partial charge in [-0.15, -0.1) is 0 Å². The van der Waals surface area contributed by atoms with E-state index < -0.39 is 36.1 Å². The maximum Gasteiger partial charge on any atom is 0.351 e. The first kappa shape index (κ1) is 23.1. The van der Waals surface area contributed by atoms with Crippen molar-refractivity contribution in [2.24, 2.45) is 0 Å². The number of anilines is 1. The molecule has 10 heteroatoms. The average molecular weight is 443 g/mol. The maximum atomic E-state index is 12.8. The molecule has 0 saturated carbocycles. The van der Waals surface area contributed by atoms with Crippen molar-refractivity contribution in [3.63, 3.8) is 0 Å². The third-order valence-electron chi connectivity index (χ3n) is 4.89. The first-order valence-corrected chi connectivity index (χ1v) is 10.2. The van der Waals surface area contributed by atoms with E-state index >= 15 is 0 Å². The van der Waals surface area contributed by atoms with E-state index in [1.54, 1.807) is 30.3 Å². The Morgan fingerprint density at radius 2 is 1.91 bits per heavy atom. The molecule has 3 rings (SSSR count). The molecule has 32 heavy (non-hydrogen) atoms. The van der Waals surface area contributed by atoms with E-state index in [-0.39, 0.29) is 24.8 Å². The number of nitrogens with zero attached hydrogens (tertiary/aromatic N) is 2. The number of nitrogens with one attached hydrogen (secondary N) is 1. The van der Waals surface area contributed by atoms with Crippen molar-refractivity contribution < 1.29 is 28.6 Å². The Morgan fingerprint density at radius 3 is 2.53 bits per heavy atom. The van der Waals surface area contributed by atoms with Gasteiger partial charge in [0.15, 0.2) is 6.23 Å². The van der Waals surface area contributed by atoms with Gasteiger partial charge in [0.2, 0.25) is 0 Å². The third kappa shape index (κ3) is 5.58. The Kier molecular flexibility index (Phi) is 7.37. The quantitative estimate of drug-likeness (QED) is 0.643. The fourth-order valence-electron chi connectivity index (χ4n) is 3.43. The molecule has 1 aromatic heterocycles. The molecule has 0 radical (unpaired) electrons. The van der Waals surface area contributed by atoms with Crippen molar-refractivity contribution in [1.82, 2.24) is 9.55 Å². The molecule has 3 atom stereocenters. The number of hydrogen-bond acceptors (Lipinski definition) is 8. The number of benzene rings is 1. The van der Waals surface area contributed by atoms with Gasteiger partial charge in [-0.2, -0.15) is 4.98 Å². The van der Waals surface area contributed by atoms with Crippen LogP contribution in [0.3, 0.4) is 0 Å². The van der Waals surface area contributed by atoms with E-state index in [0.29, 0.717) is 17.5 Å². The van der Waals surface area contributed by atoms with Gasteiger partial charge in [-0.05, 0) is 18.6 Å². The van der Waals surface area contributed by atoms with Crippen LogP contribution in [0.2, 0.25) is 0 Å². The van der Waals surface area contributed by atoms with Crippen LogP contribution < -0.4 is 11.0 Å². The van der Waals surface area contributed by atoms with Crippen LogP contribution in [-0.2, 0) is 30.2 Å². The summed E-state index contributed by atoms with van der Waals surface area (Å²) >= 11 is 0.